The van der Waals surface area contributed by atoms with E-state index in [1.54, 1.807) is 30.9 Å². The number of nitrogens with zero attached hydrogens (tertiary/aromatic N) is 4. The molecule has 5 heteroatoms. The molecule has 0 amide bonds. The van der Waals surface area contributed by atoms with Crippen molar-refractivity contribution in [3.05, 3.63) is 60.8 Å². The smallest absolute Gasteiger partial charge is 0.321 e. The minimum absolute atomic E-state index is 0.315. The van der Waals surface area contributed by atoms with Gasteiger partial charge in [0.2, 0.25) is 0 Å². The average molecular weight is 263 g/mol. The fourth-order valence-corrected chi connectivity index (χ4v) is 1.79. The zero-order valence-corrected chi connectivity index (χ0v) is 10.8. The molecule has 1 aromatic carbocycles. The molecule has 97 valence electrons. The number of aromatic nitrogens is 4. The molecule has 20 heavy (non-hydrogen) atoms. The summed E-state index contributed by atoms with van der Waals surface area (Å²) in [6.45, 7) is 2.01. The van der Waals surface area contributed by atoms with Crippen molar-refractivity contribution in [1.29, 1.82) is 0 Å². The normalized spacial score (nSPS) is 10.2. The first-order valence-corrected chi connectivity index (χ1v) is 6.07. The maximum atomic E-state index is 5.62. The summed E-state index contributed by atoms with van der Waals surface area (Å²) < 4.78 is 5.62. The number of benzene rings is 1. The predicted molar refractivity (Wildman–Crippen MR) is 73.1 cm³/mol. The van der Waals surface area contributed by atoms with E-state index in [4.69, 9.17) is 4.74 Å². The molecule has 0 spiro atoms. The number of aryl methyl sites for hydroxylation is 1. The molecule has 2 aromatic heterocycles. The average Bonchev–Trinajstić information content (AvgIpc) is 2.51. The van der Waals surface area contributed by atoms with Crippen molar-refractivity contribution in [3.8, 4) is 23.0 Å². The number of rotatable bonds is 3. The largest absolute Gasteiger partial charge is 0.424 e. The van der Waals surface area contributed by atoms with Gasteiger partial charge in [0.1, 0.15) is 11.9 Å². The molecule has 0 saturated carbocycles. The minimum atomic E-state index is 0.315. The molecule has 2 heterocycles. The summed E-state index contributed by atoms with van der Waals surface area (Å²) in [5.74, 6) is 0.659. The minimum Gasteiger partial charge on any atom is -0.424 e. The van der Waals surface area contributed by atoms with Crippen molar-refractivity contribution in [2.24, 2.45) is 0 Å². The maximum absolute atomic E-state index is 5.62. The molecule has 0 saturated heterocycles. The van der Waals surface area contributed by atoms with Crippen LogP contribution in [0, 0.1) is 13.1 Å². The van der Waals surface area contributed by atoms with Gasteiger partial charge in [0, 0.05) is 18.0 Å². The van der Waals surface area contributed by atoms with Crippen molar-refractivity contribution in [3.63, 3.8) is 0 Å². The van der Waals surface area contributed by atoms with E-state index < -0.39 is 0 Å². The Labute approximate surface area is 116 Å². The summed E-state index contributed by atoms with van der Waals surface area (Å²) in [5, 5.41) is 0. The second kappa shape index (κ2) is 5.44. The third-order valence-corrected chi connectivity index (χ3v) is 2.76. The van der Waals surface area contributed by atoms with Gasteiger partial charge in [0.15, 0.2) is 0 Å². The highest BCUT2D eigenvalue weighted by molar-refractivity contribution is 5.64. The molecule has 0 fully saturated rings. The Morgan fingerprint density at radius 2 is 1.95 bits per heavy atom. The Bertz CT molecular complexity index is 702. The molecule has 0 unspecified atom stereocenters. The lowest BCUT2D eigenvalue weighted by Gasteiger charge is -2.08. The fourth-order valence-electron chi connectivity index (χ4n) is 1.79. The fraction of sp³-hybridized carbons (Fsp3) is 0.0667. The van der Waals surface area contributed by atoms with E-state index in [1.807, 2.05) is 25.1 Å². The first kappa shape index (κ1) is 12.2. The van der Waals surface area contributed by atoms with Gasteiger partial charge in [-0.2, -0.15) is 0 Å². The highest BCUT2D eigenvalue weighted by Crippen LogP contribution is 2.27. The Kier molecular flexibility index (Phi) is 3.33. The SMILES string of the molecule is Cc1ccc(Oc2ncccn2)cc1-c1cn[c]cn1. The van der Waals surface area contributed by atoms with E-state index in [2.05, 4.69) is 26.1 Å². The molecule has 0 bridgehead atoms. The highest BCUT2D eigenvalue weighted by atomic mass is 16.5. The van der Waals surface area contributed by atoms with E-state index in [0.717, 1.165) is 16.8 Å². The summed E-state index contributed by atoms with van der Waals surface area (Å²) in [6.07, 6.45) is 9.15. The monoisotopic (exact) mass is 263 g/mol. The van der Waals surface area contributed by atoms with Crippen LogP contribution in [0.3, 0.4) is 0 Å². The molecular formula is C15H11N4O. The summed E-state index contributed by atoms with van der Waals surface area (Å²) >= 11 is 0. The molecule has 0 atom stereocenters. The van der Waals surface area contributed by atoms with Gasteiger partial charge in [-0.1, -0.05) is 6.07 Å². The van der Waals surface area contributed by atoms with Gasteiger partial charge in [-0.3, -0.25) is 9.97 Å². The Balaban J connectivity index is 1.95. The quantitative estimate of drug-likeness (QED) is 0.727. The second-order valence-electron chi connectivity index (χ2n) is 4.14. The number of hydrogen-bond acceptors (Lipinski definition) is 5. The van der Waals surface area contributed by atoms with Gasteiger partial charge < -0.3 is 4.74 Å². The third kappa shape index (κ3) is 2.61. The molecule has 0 N–H and O–H groups in total. The second-order valence-corrected chi connectivity index (χ2v) is 4.14. The molecule has 0 aliphatic heterocycles. The van der Waals surface area contributed by atoms with Crippen LogP contribution in [0.2, 0.25) is 0 Å². The lowest BCUT2D eigenvalue weighted by molar-refractivity contribution is 0.442. The van der Waals surface area contributed by atoms with Gasteiger partial charge in [-0.25, -0.2) is 9.97 Å². The topological polar surface area (TPSA) is 60.8 Å². The molecule has 3 rings (SSSR count). The van der Waals surface area contributed by atoms with Crippen LogP contribution in [0.5, 0.6) is 11.8 Å². The van der Waals surface area contributed by atoms with E-state index in [1.165, 1.54) is 0 Å². The van der Waals surface area contributed by atoms with E-state index >= 15 is 0 Å². The summed E-state index contributed by atoms with van der Waals surface area (Å²) in [5.41, 5.74) is 2.83. The maximum Gasteiger partial charge on any atom is 0.321 e. The number of ether oxygens (including phenoxy) is 1. The summed E-state index contributed by atoms with van der Waals surface area (Å²) in [6, 6.07) is 7.79. The van der Waals surface area contributed by atoms with Crippen LogP contribution in [0.1, 0.15) is 5.56 Å². The lowest BCUT2D eigenvalue weighted by atomic mass is 10.1. The Morgan fingerprint density at radius 3 is 2.70 bits per heavy atom. The molecule has 0 aliphatic carbocycles. The van der Waals surface area contributed by atoms with Gasteiger partial charge in [-0.05, 0) is 30.7 Å². The van der Waals surface area contributed by atoms with Crippen LogP contribution < -0.4 is 4.74 Å². The van der Waals surface area contributed by atoms with Crippen molar-refractivity contribution in [2.75, 3.05) is 0 Å². The predicted octanol–water partition coefficient (Wildman–Crippen LogP) is 2.83. The first-order valence-electron chi connectivity index (χ1n) is 6.07. The van der Waals surface area contributed by atoms with Crippen molar-refractivity contribution in [2.45, 2.75) is 6.92 Å². The van der Waals surface area contributed by atoms with Crippen LogP contribution in [-0.2, 0) is 0 Å². The van der Waals surface area contributed by atoms with Gasteiger partial charge in [0.25, 0.3) is 0 Å². The van der Waals surface area contributed by atoms with Crippen LogP contribution in [0.4, 0.5) is 0 Å². The molecule has 1 radical (unpaired) electrons. The standard InChI is InChI=1S/C15H11N4O/c1-11-3-4-12(20-15-18-5-2-6-19-15)9-13(11)14-10-16-7-8-17-14/h2-6,8-10H,1H3. The van der Waals surface area contributed by atoms with Crippen molar-refractivity contribution >= 4 is 0 Å². The highest BCUT2D eigenvalue weighted by Gasteiger charge is 2.07. The van der Waals surface area contributed by atoms with Crippen LogP contribution in [0.25, 0.3) is 11.3 Å². The van der Waals surface area contributed by atoms with Gasteiger partial charge >= 0.3 is 6.01 Å². The Hall–Kier alpha value is -2.82. The van der Waals surface area contributed by atoms with Gasteiger partial charge in [0.05, 0.1) is 18.1 Å². The van der Waals surface area contributed by atoms with E-state index in [9.17, 15) is 0 Å². The molecule has 5 nitrogen and oxygen atoms in total. The van der Waals surface area contributed by atoms with Crippen LogP contribution >= 0.6 is 0 Å². The van der Waals surface area contributed by atoms with E-state index in [0.29, 0.717) is 11.8 Å². The number of hydrogen-bond donors (Lipinski definition) is 0. The lowest BCUT2D eigenvalue weighted by Crippen LogP contribution is -1.93. The van der Waals surface area contributed by atoms with Crippen LogP contribution in [0.15, 0.2) is 49.1 Å². The first-order chi connectivity index (χ1) is 9.83. The molecular weight excluding hydrogens is 252 g/mol. The molecule has 3 aromatic rings. The third-order valence-electron chi connectivity index (χ3n) is 2.76. The van der Waals surface area contributed by atoms with Gasteiger partial charge in [-0.15, -0.1) is 0 Å². The van der Waals surface area contributed by atoms with Crippen LogP contribution in [-0.4, -0.2) is 19.9 Å². The molecule has 0 aliphatic rings. The summed E-state index contributed by atoms with van der Waals surface area (Å²) in [4.78, 5) is 16.3. The van der Waals surface area contributed by atoms with E-state index in [-0.39, 0.29) is 0 Å². The zero-order chi connectivity index (χ0) is 13.8. The van der Waals surface area contributed by atoms with Crippen molar-refractivity contribution in [1.82, 2.24) is 19.9 Å². The van der Waals surface area contributed by atoms with Crippen molar-refractivity contribution < 1.29 is 4.74 Å². The Morgan fingerprint density at radius 1 is 1.10 bits per heavy atom. The zero-order valence-electron chi connectivity index (χ0n) is 10.8. The summed E-state index contributed by atoms with van der Waals surface area (Å²) in [7, 11) is 0.